The first kappa shape index (κ1) is 17.8. The molecular formula is C11H17ClF2N2O3. The Balaban J connectivity index is 0.000000399. The van der Waals surface area contributed by atoms with Gasteiger partial charge in [-0.25, -0.2) is 13.6 Å². The topological polar surface area (TPSA) is 64.3 Å². The number of carboxylic acid groups (broad SMARTS) is 1. The fourth-order valence-corrected chi connectivity index (χ4v) is 1.35. The van der Waals surface area contributed by atoms with Gasteiger partial charge >= 0.3 is 5.97 Å². The molecule has 0 bridgehead atoms. The van der Waals surface area contributed by atoms with Crippen molar-refractivity contribution in [2.24, 2.45) is 7.05 Å². The van der Waals surface area contributed by atoms with Gasteiger partial charge in [0.2, 0.25) is 0 Å². The highest BCUT2D eigenvalue weighted by Gasteiger charge is 2.21. The summed E-state index contributed by atoms with van der Waals surface area (Å²) < 4.78 is 29.5. The summed E-state index contributed by atoms with van der Waals surface area (Å²) in [7, 11) is 1.39. The molecular weight excluding hydrogens is 282 g/mol. The van der Waals surface area contributed by atoms with E-state index in [2.05, 4.69) is 16.3 Å². The summed E-state index contributed by atoms with van der Waals surface area (Å²) in [4.78, 5) is 10.4. The average Bonchev–Trinajstić information content (AvgIpc) is 2.73. The molecule has 0 aliphatic carbocycles. The molecule has 8 heteroatoms. The third-order valence-corrected chi connectivity index (χ3v) is 2.27. The second-order valence-corrected chi connectivity index (χ2v) is 3.95. The zero-order valence-corrected chi connectivity index (χ0v) is 11.5. The summed E-state index contributed by atoms with van der Waals surface area (Å²) in [6.45, 7) is 2.84. The van der Waals surface area contributed by atoms with E-state index in [0.29, 0.717) is 6.61 Å². The van der Waals surface area contributed by atoms with Crippen LogP contribution in [0.15, 0.2) is 6.20 Å². The predicted molar refractivity (Wildman–Crippen MR) is 66.5 cm³/mol. The molecule has 0 spiro atoms. The number of alkyl halides is 2. The number of halogens is 3. The minimum Gasteiger partial charge on any atom is -0.478 e. The number of carbonyl (C=O) groups is 1. The Morgan fingerprint density at radius 2 is 2.21 bits per heavy atom. The second-order valence-electron chi connectivity index (χ2n) is 3.73. The summed E-state index contributed by atoms with van der Waals surface area (Å²) in [5.74, 6) is -1.39. The maximum Gasteiger partial charge on any atom is 0.339 e. The molecule has 1 rings (SSSR count). The van der Waals surface area contributed by atoms with Gasteiger partial charge in [0.15, 0.2) is 0 Å². The lowest BCUT2D eigenvalue weighted by Gasteiger charge is -1.93. The molecule has 5 nitrogen and oxygen atoms in total. The van der Waals surface area contributed by atoms with Crippen LogP contribution in [0.25, 0.3) is 0 Å². The van der Waals surface area contributed by atoms with Crippen LogP contribution in [0.1, 0.15) is 48.7 Å². The van der Waals surface area contributed by atoms with Gasteiger partial charge in [-0.2, -0.15) is 5.10 Å². The highest BCUT2D eigenvalue weighted by Crippen LogP contribution is 2.20. The number of aryl methyl sites for hydroxylation is 1. The lowest BCUT2D eigenvalue weighted by atomic mass is 10.2. The van der Waals surface area contributed by atoms with Crippen molar-refractivity contribution in [1.82, 2.24) is 9.78 Å². The third-order valence-electron chi connectivity index (χ3n) is 2.12. The molecule has 1 N–H and O–H groups in total. The van der Waals surface area contributed by atoms with Crippen LogP contribution in [0.4, 0.5) is 8.78 Å². The van der Waals surface area contributed by atoms with Gasteiger partial charge in [0, 0.05) is 13.2 Å². The van der Waals surface area contributed by atoms with Crippen LogP contribution >= 0.6 is 11.9 Å². The molecule has 19 heavy (non-hydrogen) atoms. The van der Waals surface area contributed by atoms with Crippen LogP contribution in [0.3, 0.4) is 0 Å². The van der Waals surface area contributed by atoms with E-state index in [1.54, 1.807) is 0 Å². The maximum absolute atomic E-state index is 12.1. The first-order valence-electron chi connectivity index (χ1n) is 5.72. The van der Waals surface area contributed by atoms with Gasteiger partial charge in [-0.05, 0) is 6.42 Å². The Morgan fingerprint density at radius 1 is 1.58 bits per heavy atom. The van der Waals surface area contributed by atoms with Crippen molar-refractivity contribution < 1.29 is 23.0 Å². The second kappa shape index (κ2) is 9.69. The van der Waals surface area contributed by atoms with Crippen molar-refractivity contribution in [2.45, 2.75) is 32.6 Å². The van der Waals surface area contributed by atoms with Crippen LogP contribution in [-0.4, -0.2) is 27.5 Å². The van der Waals surface area contributed by atoms with Crippen LogP contribution in [0.2, 0.25) is 0 Å². The Bertz CT molecular complexity index is 382. The minimum atomic E-state index is -2.85. The molecule has 0 aliphatic heterocycles. The molecule has 1 heterocycles. The summed E-state index contributed by atoms with van der Waals surface area (Å²) in [5, 5.41) is 11.8. The van der Waals surface area contributed by atoms with E-state index in [0.717, 1.165) is 17.3 Å². The number of aromatic carboxylic acids is 1. The van der Waals surface area contributed by atoms with Crippen LogP contribution in [0.5, 0.6) is 0 Å². The molecule has 0 fully saturated rings. The standard InChI is InChI=1S/C6H6F2N2O2.C5H11ClO/c1-10-2-3(6(11)12)4(9-10)5(7)8;1-2-3-4-5-7-6/h2,5H,1H3,(H,11,12);2-5H2,1H3. The highest BCUT2D eigenvalue weighted by molar-refractivity contribution is 6.07. The van der Waals surface area contributed by atoms with Crippen molar-refractivity contribution in [3.8, 4) is 0 Å². The van der Waals surface area contributed by atoms with Crippen molar-refractivity contribution in [1.29, 1.82) is 0 Å². The van der Waals surface area contributed by atoms with Gasteiger partial charge < -0.3 is 5.11 Å². The summed E-state index contributed by atoms with van der Waals surface area (Å²) in [6.07, 6.45) is 1.72. The van der Waals surface area contributed by atoms with Crippen LogP contribution in [-0.2, 0) is 11.3 Å². The SMILES string of the molecule is CCCCCOCl.Cn1cc(C(=O)O)c(C(F)F)n1. The quantitative estimate of drug-likeness (QED) is 0.818. The van der Waals surface area contributed by atoms with Crippen LogP contribution in [0, 0.1) is 0 Å². The fourth-order valence-electron chi connectivity index (χ4n) is 1.24. The van der Waals surface area contributed by atoms with E-state index in [4.69, 9.17) is 17.0 Å². The fraction of sp³-hybridized carbons (Fsp3) is 0.636. The van der Waals surface area contributed by atoms with Gasteiger partial charge in [-0.1, -0.05) is 19.8 Å². The zero-order chi connectivity index (χ0) is 14.8. The molecule has 1 aromatic heterocycles. The van der Waals surface area contributed by atoms with Crippen molar-refractivity contribution in [3.05, 3.63) is 17.5 Å². The molecule has 0 unspecified atom stereocenters. The minimum absolute atomic E-state index is 0.451. The van der Waals surface area contributed by atoms with E-state index in [9.17, 15) is 13.6 Å². The Kier molecular flexibility index (Phi) is 9.07. The number of carboxylic acids is 1. The predicted octanol–water partition coefficient (Wildman–Crippen LogP) is 3.40. The molecule has 0 atom stereocenters. The van der Waals surface area contributed by atoms with Gasteiger partial charge in [-0.3, -0.25) is 8.97 Å². The maximum atomic E-state index is 12.1. The zero-order valence-electron chi connectivity index (χ0n) is 10.8. The molecule has 0 aromatic carbocycles. The van der Waals surface area contributed by atoms with E-state index < -0.39 is 23.7 Å². The van der Waals surface area contributed by atoms with Crippen molar-refractivity contribution >= 4 is 17.8 Å². The smallest absolute Gasteiger partial charge is 0.339 e. The highest BCUT2D eigenvalue weighted by atomic mass is 35.5. The van der Waals surface area contributed by atoms with Gasteiger partial charge in [0.1, 0.15) is 11.3 Å². The molecule has 0 saturated heterocycles. The lowest BCUT2D eigenvalue weighted by molar-refractivity contribution is 0.0684. The van der Waals surface area contributed by atoms with Gasteiger partial charge in [0.05, 0.1) is 18.5 Å². The van der Waals surface area contributed by atoms with E-state index in [1.165, 1.54) is 19.9 Å². The van der Waals surface area contributed by atoms with E-state index >= 15 is 0 Å². The number of hydrogen-bond acceptors (Lipinski definition) is 3. The molecule has 0 amide bonds. The summed E-state index contributed by atoms with van der Waals surface area (Å²) >= 11 is 4.94. The van der Waals surface area contributed by atoms with E-state index in [1.807, 2.05) is 0 Å². The number of hydrogen-bond donors (Lipinski definition) is 1. The van der Waals surface area contributed by atoms with E-state index in [-0.39, 0.29) is 0 Å². The van der Waals surface area contributed by atoms with Gasteiger partial charge in [-0.15, -0.1) is 0 Å². The monoisotopic (exact) mass is 298 g/mol. The molecule has 0 aliphatic rings. The Hall–Kier alpha value is -1.21. The van der Waals surface area contributed by atoms with Crippen LogP contribution < -0.4 is 0 Å². The number of nitrogens with zero attached hydrogens (tertiary/aromatic N) is 2. The molecule has 0 radical (unpaired) electrons. The number of rotatable bonds is 6. The molecule has 1 aromatic rings. The first-order valence-corrected chi connectivity index (χ1v) is 6.03. The first-order chi connectivity index (χ1) is 8.93. The normalized spacial score (nSPS) is 10.2. The number of unbranched alkanes of at least 4 members (excludes halogenated alkanes) is 2. The van der Waals surface area contributed by atoms with Gasteiger partial charge in [0.25, 0.3) is 6.43 Å². The lowest BCUT2D eigenvalue weighted by Crippen LogP contribution is -1.99. The largest absolute Gasteiger partial charge is 0.478 e. The van der Waals surface area contributed by atoms with Crippen molar-refractivity contribution in [3.63, 3.8) is 0 Å². The third kappa shape index (κ3) is 7.07. The Labute approximate surface area is 115 Å². The molecule has 0 saturated carbocycles. The summed E-state index contributed by atoms with van der Waals surface area (Å²) in [5.41, 5.74) is -1.14. The average molecular weight is 299 g/mol. The Morgan fingerprint density at radius 3 is 2.58 bits per heavy atom. The molecule has 110 valence electrons. The van der Waals surface area contributed by atoms with Crippen molar-refractivity contribution in [2.75, 3.05) is 6.61 Å². The number of aromatic nitrogens is 2. The summed E-state index contributed by atoms with van der Waals surface area (Å²) in [6, 6.07) is 0.